The average Bonchev–Trinajstić information content (AvgIpc) is 2.66. The molecule has 0 unspecified atom stereocenters. The van der Waals surface area contributed by atoms with E-state index in [0.717, 1.165) is 11.1 Å². The van der Waals surface area contributed by atoms with Crippen LogP contribution in [0.4, 0.5) is 0 Å². The molecule has 31 heavy (non-hydrogen) atoms. The summed E-state index contributed by atoms with van der Waals surface area (Å²) in [4.78, 5) is 27.4. The van der Waals surface area contributed by atoms with Crippen molar-refractivity contribution in [3.63, 3.8) is 0 Å². The van der Waals surface area contributed by atoms with E-state index in [1.165, 1.54) is 4.90 Å². The molecule has 2 aromatic carbocycles. The molecule has 2 amide bonds. The van der Waals surface area contributed by atoms with E-state index in [9.17, 15) is 9.59 Å². The van der Waals surface area contributed by atoms with E-state index in [0.29, 0.717) is 21.4 Å². The summed E-state index contributed by atoms with van der Waals surface area (Å²) in [5.41, 5.74) is 2.36. The van der Waals surface area contributed by atoms with E-state index in [2.05, 4.69) is 5.32 Å². The van der Waals surface area contributed by atoms with E-state index >= 15 is 0 Å². The van der Waals surface area contributed by atoms with Crippen LogP contribution in [0.3, 0.4) is 0 Å². The number of nitrogens with zero attached hydrogens (tertiary/aromatic N) is 1. The Hall–Kier alpha value is -2.24. The Morgan fingerprint density at radius 3 is 2.23 bits per heavy atom. The van der Waals surface area contributed by atoms with Crippen molar-refractivity contribution in [3.8, 4) is 5.75 Å². The van der Waals surface area contributed by atoms with E-state index < -0.39 is 11.6 Å². The molecule has 1 atom stereocenters. The summed E-state index contributed by atoms with van der Waals surface area (Å²) in [7, 11) is 0. The molecule has 0 spiro atoms. The van der Waals surface area contributed by atoms with E-state index in [1.807, 2.05) is 52.8 Å². The third-order valence-electron chi connectivity index (χ3n) is 4.90. The summed E-state index contributed by atoms with van der Waals surface area (Å²) in [6.07, 6.45) is 0. The zero-order chi connectivity index (χ0) is 23.3. The first-order valence-corrected chi connectivity index (χ1v) is 10.9. The van der Waals surface area contributed by atoms with E-state index in [4.69, 9.17) is 27.9 Å². The van der Waals surface area contributed by atoms with Gasteiger partial charge in [-0.2, -0.15) is 0 Å². The summed E-state index contributed by atoms with van der Waals surface area (Å²) in [5, 5.41) is 3.79. The highest BCUT2D eigenvalue weighted by atomic mass is 35.5. The molecule has 0 heterocycles. The molecule has 0 aromatic heterocycles. The molecule has 0 saturated heterocycles. The second-order valence-corrected chi connectivity index (χ2v) is 9.49. The minimum atomic E-state index is -0.748. The molecule has 2 aromatic rings. The molecule has 7 heteroatoms. The first kappa shape index (κ1) is 25.0. The number of ether oxygens (including phenoxy) is 1. The summed E-state index contributed by atoms with van der Waals surface area (Å²) in [6, 6.07) is 10.0. The lowest BCUT2D eigenvalue weighted by atomic mass is 10.1. The smallest absolute Gasteiger partial charge is 0.261 e. The molecule has 0 fully saturated rings. The van der Waals surface area contributed by atoms with Crippen LogP contribution in [0.2, 0.25) is 10.0 Å². The predicted octanol–water partition coefficient (Wildman–Crippen LogP) is 5.32. The third kappa shape index (κ3) is 7.15. The molecule has 1 N–H and O–H groups in total. The number of aryl methyl sites for hydroxylation is 2. The van der Waals surface area contributed by atoms with Crippen LogP contribution in [0.15, 0.2) is 36.4 Å². The number of nitrogens with one attached hydrogen (secondary N) is 1. The van der Waals surface area contributed by atoms with E-state index in [-0.39, 0.29) is 25.0 Å². The number of benzene rings is 2. The van der Waals surface area contributed by atoms with Crippen molar-refractivity contribution >= 4 is 35.0 Å². The second kappa shape index (κ2) is 10.4. The topological polar surface area (TPSA) is 58.6 Å². The van der Waals surface area contributed by atoms with Gasteiger partial charge in [-0.3, -0.25) is 9.59 Å². The first-order chi connectivity index (χ1) is 14.4. The Labute approximate surface area is 194 Å². The van der Waals surface area contributed by atoms with Crippen molar-refractivity contribution in [2.24, 2.45) is 0 Å². The molecular weight excluding hydrogens is 435 g/mol. The fourth-order valence-corrected chi connectivity index (χ4v) is 3.46. The quantitative estimate of drug-likeness (QED) is 0.602. The standard InChI is InChI=1S/C24H30Cl2N2O3/c1-15-10-11-18(12-16(15)2)31-14-22(29)28(17(3)23(30)27-24(4,5)6)13-19-20(25)8-7-9-21(19)26/h7-12,17H,13-14H2,1-6H3,(H,27,30)/t17-/m1/s1. The maximum absolute atomic E-state index is 13.1. The van der Waals surface area contributed by atoms with Gasteiger partial charge in [0.25, 0.3) is 5.91 Å². The highest BCUT2D eigenvalue weighted by molar-refractivity contribution is 6.36. The summed E-state index contributed by atoms with van der Waals surface area (Å²) >= 11 is 12.6. The molecule has 0 aliphatic carbocycles. The van der Waals surface area contributed by atoms with Gasteiger partial charge in [0, 0.05) is 27.7 Å². The predicted molar refractivity (Wildman–Crippen MR) is 126 cm³/mol. The van der Waals surface area contributed by atoms with Crippen molar-refractivity contribution in [3.05, 3.63) is 63.1 Å². The van der Waals surface area contributed by atoms with Gasteiger partial charge in [0.1, 0.15) is 11.8 Å². The van der Waals surface area contributed by atoms with Crippen molar-refractivity contribution in [2.45, 2.75) is 59.7 Å². The van der Waals surface area contributed by atoms with Gasteiger partial charge >= 0.3 is 0 Å². The van der Waals surface area contributed by atoms with Crippen LogP contribution in [0.5, 0.6) is 5.75 Å². The maximum Gasteiger partial charge on any atom is 0.261 e. The molecule has 0 saturated carbocycles. The van der Waals surface area contributed by atoms with Gasteiger partial charge in [0.05, 0.1) is 0 Å². The van der Waals surface area contributed by atoms with Crippen LogP contribution < -0.4 is 10.1 Å². The first-order valence-electron chi connectivity index (χ1n) is 10.1. The van der Waals surface area contributed by atoms with Crippen LogP contribution in [-0.2, 0) is 16.1 Å². The largest absolute Gasteiger partial charge is 0.484 e. The third-order valence-corrected chi connectivity index (χ3v) is 5.60. The summed E-state index contributed by atoms with van der Waals surface area (Å²) in [6.45, 7) is 11.2. The van der Waals surface area contributed by atoms with Crippen LogP contribution in [0, 0.1) is 13.8 Å². The van der Waals surface area contributed by atoms with Crippen LogP contribution in [0.1, 0.15) is 44.4 Å². The molecular formula is C24H30Cl2N2O3. The number of amides is 2. The number of hydrogen-bond acceptors (Lipinski definition) is 3. The minimum Gasteiger partial charge on any atom is -0.484 e. The lowest BCUT2D eigenvalue weighted by Gasteiger charge is -2.31. The fraction of sp³-hybridized carbons (Fsp3) is 0.417. The van der Waals surface area contributed by atoms with E-state index in [1.54, 1.807) is 25.1 Å². The van der Waals surface area contributed by atoms with Gasteiger partial charge in [-0.25, -0.2) is 0 Å². The van der Waals surface area contributed by atoms with Crippen LogP contribution in [0.25, 0.3) is 0 Å². The number of rotatable bonds is 7. The molecule has 0 aliphatic rings. The van der Waals surface area contributed by atoms with Gasteiger partial charge in [0.2, 0.25) is 5.91 Å². The number of carbonyl (C=O) groups is 2. The molecule has 2 rings (SSSR count). The highest BCUT2D eigenvalue weighted by Crippen LogP contribution is 2.27. The SMILES string of the molecule is Cc1ccc(OCC(=O)N(Cc2c(Cl)cccc2Cl)[C@H](C)C(=O)NC(C)(C)C)cc1C. The fourth-order valence-electron chi connectivity index (χ4n) is 2.94. The highest BCUT2D eigenvalue weighted by Gasteiger charge is 2.29. The van der Waals surface area contributed by atoms with Gasteiger partial charge in [-0.15, -0.1) is 0 Å². The summed E-state index contributed by atoms with van der Waals surface area (Å²) in [5.74, 6) is -0.0139. The molecule has 0 bridgehead atoms. The molecule has 0 radical (unpaired) electrons. The lowest BCUT2D eigenvalue weighted by molar-refractivity contribution is -0.142. The summed E-state index contributed by atoms with van der Waals surface area (Å²) < 4.78 is 5.72. The van der Waals surface area contributed by atoms with Crippen molar-refractivity contribution in [2.75, 3.05) is 6.61 Å². The molecule has 168 valence electrons. The zero-order valence-electron chi connectivity index (χ0n) is 18.9. The van der Waals surface area contributed by atoms with Crippen LogP contribution >= 0.6 is 23.2 Å². The van der Waals surface area contributed by atoms with Crippen LogP contribution in [-0.4, -0.2) is 34.9 Å². The average molecular weight is 465 g/mol. The van der Waals surface area contributed by atoms with Gasteiger partial charge in [-0.1, -0.05) is 35.3 Å². The van der Waals surface area contributed by atoms with Gasteiger partial charge in [-0.05, 0) is 76.9 Å². The number of carbonyl (C=O) groups excluding carboxylic acids is 2. The van der Waals surface area contributed by atoms with Gasteiger partial charge in [0.15, 0.2) is 6.61 Å². The molecule has 0 aliphatic heterocycles. The minimum absolute atomic E-state index is 0.0896. The Morgan fingerprint density at radius 1 is 1.06 bits per heavy atom. The lowest BCUT2D eigenvalue weighted by Crippen LogP contribution is -2.53. The monoisotopic (exact) mass is 464 g/mol. The Balaban J connectivity index is 2.25. The normalized spacial score (nSPS) is 12.3. The van der Waals surface area contributed by atoms with Crippen molar-refractivity contribution in [1.82, 2.24) is 10.2 Å². The second-order valence-electron chi connectivity index (χ2n) is 8.67. The maximum atomic E-state index is 13.1. The van der Waals surface area contributed by atoms with Crippen molar-refractivity contribution < 1.29 is 14.3 Å². The molecule has 5 nitrogen and oxygen atoms in total. The van der Waals surface area contributed by atoms with Crippen molar-refractivity contribution in [1.29, 1.82) is 0 Å². The van der Waals surface area contributed by atoms with Gasteiger partial charge < -0.3 is 15.0 Å². The zero-order valence-corrected chi connectivity index (χ0v) is 20.4. The Morgan fingerprint density at radius 2 is 1.68 bits per heavy atom. The Bertz CT molecular complexity index is 934. The number of halogens is 2. The Kier molecular flexibility index (Phi) is 8.38. The number of hydrogen-bond donors (Lipinski definition) is 1.